The minimum atomic E-state index is -0.404. The Morgan fingerprint density at radius 3 is 2.45 bits per heavy atom. The largest absolute Gasteiger partial charge is 0.497 e. The molecule has 0 aliphatic heterocycles. The molecular formula is C21H21FN4O3. The van der Waals surface area contributed by atoms with Gasteiger partial charge in [0.25, 0.3) is 5.91 Å². The van der Waals surface area contributed by atoms with E-state index in [4.69, 9.17) is 9.47 Å². The highest BCUT2D eigenvalue weighted by Gasteiger charge is 2.12. The molecule has 0 bridgehead atoms. The maximum Gasteiger partial charge on any atom is 0.276 e. The number of amides is 1. The molecule has 1 aromatic heterocycles. The Morgan fingerprint density at radius 1 is 1.00 bits per heavy atom. The third-order valence-electron chi connectivity index (χ3n) is 4.19. The number of nitrogens with zero attached hydrogens (tertiary/aromatic N) is 2. The molecule has 0 aliphatic carbocycles. The van der Waals surface area contributed by atoms with Gasteiger partial charge in [-0.3, -0.25) is 4.79 Å². The summed E-state index contributed by atoms with van der Waals surface area (Å²) in [6.07, 6.45) is 0.710. The SMILES string of the molecule is COc1ccc(NC(=O)c2ccc(NCCc3ccc(F)cc3)nn2)c(OC)c1. The Labute approximate surface area is 167 Å². The van der Waals surface area contributed by atoms with Crippen molar-refractivity contribution in [3.8, 4) is 11.5 Å². The molecular weight excluding hydrogens is 375 g/mol. The van der Waals surface area contributed by atoms with E-state index < -0.39 is 5.91 Å². The van der Waals surface area contributed by atoms with Gasteiger partial charge in [-0.25, -0.2) is 4.39 Å². The fourth-order valence-corrected chi connectivity index (χ4v) is 2.62. The zero-order valence-electron chi connectivity index (χ0n) is 16.1. The van der Waals surface area contributed by atoms with E-state index in [1.54, 1.807) is 49.6 Å². The van der Waals surface area contributed by atoms with Crippen LogP contribution in [-0.4, -0.2) is 36.9 Å². The molecule has 0 fully saturated rings. The molecule has 7 nitrogen and oxygen atoms in total. The lowest BCUT2D eigenvalue weighted by atomic mass is 10.1. The maximum absolute atomic E-state index is 12.9. The molecule has 3 aromatic rings. The molecule has 0 unspecified atom stereocenters. The number of ether oxygens (including phenoxy) is 2. The van der Waals surface area contributed by atoms with Gasteiger partial charge < -0.3 is 20.1 Å². The topological polar surface area (TPSA) is 85.4 Å². The molecule has 150 valence electrons. The number of hydrogen-bond donors (Lipinski definition) is 2. The number of halogens is 1. The summed E-state index contributed by atoms with van der Waals surface area (Å²) < 4.78 is 23.3. The van der Waals surface area contributed by atoms with Crippen molar-refractivity contribution >= 4 is 17.4 Å². The van der Waals surface area contributed by atoms with Gasteiger partial charge in [0.1, 0.15) is 23.1 Å². The number of methoxy groups -OCH3 is 2. The van der Waals surface area contributed by atoms with E-state index in [2.05, 4.69) is 20.8 Å². The van der Waals surface area contributed by atoms with Crippen molar-refractivity contribution in [2.45, 2.75) is 6.42 Å². The molecule has 1 amide bonds. The summed E-state index contributed by atoms with van der Waals surface area (Å²) in [6, 6.07) is 14.7. The van der Waals surface area contributed by atoms with Gasteiger partial charge in [0.05, 0.1) is 19.9 Å². The van der Waals surface area contributed by atoms with Gasteiger partial charge in [-0.1, -0.05) is 12.1 Å². The van der Waals surface area contributed by atoms with Crippen LogP contribution in [0, 0.1) is 5.82 Å². The molecule has 0 saturated carbocycles. The highest BCUT2D eigenvalue weighted by atomic mass is 19.1. The van der Waals surface area contributed by atoms with Gasteiger partial charge in [0.15, 0.2) is 5.69 Å². The summed E-state index contributed by atoms with van der Waals surface area (Å²) >= 11 is 0. The first-order valence-corrected chi connectivity index (χ1v) is 8.94. The fourth-order valence-electron chi connectivity index (χ4n) is 2.62. The first kappa shape index (κ1) is 20.1. The van der Waals surface area contributed by atoms with Gasteiger partial charge in [-0.15, -0.1) is 10.2 Å². The number of aromatic nitrogens is 2. The molecule has 0 radical (unpaired) electrons. The van der Waals surface area contributed by atoms with Crippen molar-refractivity contribution in [3.05, 3.63) is 71.7 Å². The van der Waals surface area contributed by atoms with Crippen molar-refractivity contribution in [1.82, 2.24) is 10.2 Å². The van der Waals surface area contributed by atoms with Crippen LogP contribution in [0.4, 0.5) is 15.9 Å². The van der Waals surface area contributed by atoms with Crippen LogP contribution in [0.5, 0.6) is 11.5 Å². The van der Waals surface area contributed by atoms with Crippen molar-refractivity contribution in [2.24, 2.45) is 0 Å². The van der Waals surface area contributed by atoms with Gasteiger partial charge in [0, 0.05) is 12.6 Å². The Balaban J connectivity index is 1.56. The second-order valence-corrected chi connectivity index (χ2v) is 6.13. The zero-order chi connectivity index (χ0) is 20.6. The minimum Gasteiger partial charge on any atom is -0.497 e. The van der Waals surface area contributed by atoms with Gasteiger partial charge in [-0.2, -0.15) is 0 Å². The number of nitrogens with one attached hydrogen (secondary N) is 2. The van der Waals surface area contributed by atoms with E-state index in [9.17, 15) is 9.18 Å². The number of hydrogen-bond acceptors (Lipinski definition) is 6. The van der Waals surface area contributed by atoms with Crippen LogP contribution in [0.25, 0.3) is 0 Å². The first-order chi connectivity index (χ1) is 14.1. The molecule has 3 rings (SSSR count). The van der Waals surface area contributed by atoms with E-state index in [0.717, 1.165) is 5.56 Å². The van der Waals surface area contributed by atoms with Crippen LogP contribution in [-0.2, 0) is 6.42 Å². The van der Waals surface area contributed by atoms with Crippen LogP contribution >= 0.6 is 0 Å². The molecule has 1 heterocycles. The Kier molecular flexibility index (Phi) is 6.57. The van der Waals surface area contributed by atoms with E-state index >= 15 is 0 Å². The standard InChI is InChI=1S/C21H21FN4O3/c1-28-16-7-8-17(19(13-16)29-2)24-21(27)18-9-10-20(26-25-18)23-12-11-14-3-5-15(22)6-4-14/h3-10,13H,11-12H2,1-2H3,(H,23,26)(H,24,27). The van der Waals surface area contributed by atoms with E-state index in [-0.39, 0.29) is 11.5 Å². The molecule has 0 spiro atoms. The van der Waals surface area contributed by atoms with Crippen molar-refractivity contribution in [3.63, 3.8) is 0 Å². The van der Waals surface area contributed by atoms with Crippen molar-refractivity contribution in [1.29, 1.82) is 0 Å². The van der Waals surface area contributed by atoms with Crippen LogP contribution in [0.15, 0.2) is 54.6 Å². The summed E-state index contributed by atoms with van der Waals surface area (Å²) in [4.78, 5) is 12.4. The average molecular weight is 396 g/mol. The first-order valence-electron chi connectivity index (χ1n) is 8.94. The number of carbonyl (C=O) groups is 1. The van der Waals surface area contributed by atoms with E-state index in [1.807, 2.05) is 0 Å². The number of carbonyl (C=O) groups excluding carboxylic acids is 1. The molecule has 2 aromatic carbocycles. The summed E-state index contributed by atoms with van der Waals surface area (Å²) in [5.74, 6) is 0.985. The summed E-state index contributed by atoms with van der Waals surface area (Å²) in [7, 11) is 3.06. The molecule has 29 heavy (non-hydrogen) atoms. The van der Waals surface area contributed by atoms with Gasteiger partial charge in [0.2, 0.25) is 0 Å². The lowest BCUT2D eigenvalue weighted by Crippen LogP contribution is -2.16. The third-order valence-corrected chi connectivity index (χ3v) is 4.19. The highest BCUT2D eigenvalue weighted by Crippen LogP contribution is 2.29. The average Bonchev–Trinajstić information content (AvgIpc) is 2.76. The second-order valence-electron chi connectivity index (χ2n) is 6.13. The van der Waals surface area contributed by atoms with Crippen LogP contribution in [0.3, 0.4) is 0 Å². The predicted octanol–water partition coefficient (Wildman–Crippen LogP) is 3.54. The highest BCUT2D eigenvalue weighted by molar-refractivity contribution is 6.03. The minimum absolute atomic E-state index is 0.173. The summed E-state index contributed by atoms with van der Waals surface area (Å²) in [6.45, 7) is 0.606. The maximum atomic E-state index is 12.9. The summed E-state index contributed by atoms with van der Waals surface area (Å²) in [5, 5.41) is 13.9. The van der Waals surface area contributed by atoms with Crippen LogP contribution in [0.1, 0.15) is 16.1 Å². The molecule has 0 saturated heterocycles. The monoisotopic (exact) mass is 396 g/mol. The molecule has 0 atom stereocenters. The van der Waals surface area contributed by atoms with Crippen molar-refractivity contribution < 1.29 is 18.7 Å². The molecule has 0 aliphatic rings. The number of anilines is 2. The van der Waals surface area contributed by atoms with Crippen LogP contribution < -0.4 is 20.1 Å². The van der Waals surface area contributed by atoms with Crippen molar-refractivity contribution in [2.75, 3.05) is 31.4 Å². The smallest absolute Gasteiger partial charge is 0.276 e. The lowest BCUT2D eigenvalue weighted by Gasteiger charge is -2.11. The Hall–Kier alpha value is -3.68. The zero-order valence-corrected chi connectivity index (χ0v) is 16.1. The van der Waals surface area contributed by atoms with Gasteiger partial charge >= 0.3 is 0 Å². The predicted molar refractivity (Wildman–Crippen MR) is 108 cm³/mol. The molecule has 2 N–H and O–H groups in total. The number of benzene rings is 2. The van der Waals surface area contributed by atoms with Gasteiger partial charge in [-0.05, 0) is 48.4 Å². The number of rotatable bonds is 8. The summed E-state index contributed by atoms with van der Waals surface area (Å²) in [5.41, 5.74) is 1.69. The Morgan fingerprint density at radius 2 is 1.79 bits per heavy atom. The lowest BCUT2D eigenvalue weighted by molar-refractivity contribution is 0.102. The van der Waals surface area contributed by atoms with Crippen LogP contribution in [0.2, 0.25) is 0 Å². The Bertz CT molecular complexity index is 963. The quantitative estimate of drug-likeness (QED) is 0.606. The molecule has 8 heteroatoms. The van der Waals surface area contributed by atoms with E-state index in [1.165, 1.54) is 19.2 Å². The van der Waals surface area contributed by atoms with E-state index in [0.29, 0.717) is 36.0 Å². The normalized spacial score (nSPS) is 10.3. The second kappa shape index (κ2) is 9.50. The third kappa shape index (κ3) is 5.41. The fraction of sp³-hybridized carbons (Fsp3) is 0.190.